The molecule has 1 heterocycles. The maximum Gasteiger partial charge on any atom is 0.335 e. The maximum absolute atomic E-state index is 10.3. The zero-order valence-electron chi connectivity index (χ0n) is 8.16. The Hall–Kier alpha value is -1.10. The van der Waals surface area contributed by atoms with Gasteiger partial charge in [0, 0.05) is 24.8 Å². The van der Waals surface area contributed by atoms with Crippen LogP contribution in [-0.2, 0) is 0 Å². The van der Waals surface area contributed by atoms with Crippen LogP contribution < -0.4 is 10.6 Å². The standard InChI is InChI=1S/C7H5ClO2.C3H8N2/c8-6-3-1-5(2-4-6)7(9)10;1-2-5-3-4-1/h1-4H,(H,9,10);4-5H,1-3H2. The molecule has 0 unspecified atom stereocenters. The molecule has 1 fully saturated rings. The van der Waals surface area contributed by atoms with Crippen molar-refractivity contribution < 1.29 is 9.90 Å². The van der Waals surface area contributed by atoms with E-state index in [1.54, 1.807) is 12.1 Å². The van der Waals surface area contributed by atoms with Crippen molar-refractivity contribution >= 4 is 17.6 Å². The highest BCUT2D eigenvalue weighted by Gasteiger charge is 1.99. The molecule has 1 aromatic carbocycles. The average molecular weight is 229 g/mol. The van der Waals surface area contributed by atoms with E-state index in [1.165, 1.54) is 12.1 Å². The lowest BCUT2D eigenvalue weighted by Gasteiger charge is -1.91. The second-order valence-electron chi connectivity index (χ2n) is 2.99. The van der Waals surface area contributed by atoms with Gasteiger partial charge in [-0.1, -0.05) is 11.6 Å². The summed E-state index contributed by atoms with van der Waals surface area (Å²) in [6.07, 6.45) is 0. The molecule has 15 heavy (non-hydrogen) atoms. The number of benzene rings is 1. The predicted octanol–water partition coefficient (Wildman–Crippen LogP) is 1.17. The number of carbonyl (C=O) groups is 1. The summed E-state index contributed by atoms with van der Waals surface area (Å²) < 4.78 is 0. The van der Waals surface area contributed by atoms with E-state index in [2.05, 4.69) is 10.6 Å². The summed E-state index contributed by atoms with van der Waals surface area (Å²) in [6.45, 7) is 3.28. The van der Waals surface area contributed by atoms with E-state index in [1.807, 2.05) is 0 Å². The van der Waals surface area contributed by atoms with Crippen LogP contribution in [0.4, 0.5) is 0 Å². The first-order chi connectivity index (χ1) is 7.20. The van der Waals surface area contributed by atoms with Gasteiger partial charge in [0.25, 0.3) is 0 Å². The van der Waals surface area contributed by atoms with Gasteiger partial charge in [0.1, 0.15) is 0 Å². The fraction of sp³-hybridized carbons (Fsp3) is 0.300. The van der Waals surface area contributed by atoms with Crippen LogP contribution in [0.3, 0.4) is 0 Å². The summed E-state index contributed by atoms with van der Waals surface area (Å²) in [7, 11) is 0. The van der Waals surface area contributed by atoms with E-state index in [0.29, 0.717) is 5.02 Å². The minimum Gasteiger partial charge on any atom is -0.478 e. The van der Waals surface area contributed by atoms with Crippen molar-refractivity contribution in [1.82, 2.24) is 10.6 Å². The minimum atomic E-state index is -0.934. The van der Waals surface area contributed by atoms with E-state index in [-0.39, 0.29) is 5.56 Å². The zero-order chi connectivity index (χ0) is 11.1. The van der Waals surface area contributed by atoms with Crippen LogP contribution in [0.25, 0.3) is 0 Å². The number of halogens is 1. The molecular weight excluding hydrogens is 216 g/mol. The quantitative estimate of drug-likeness (QED) is 0.676. The van der Waals surface area contributed by atoms with Gasteiger partial charge in [0.15, 0.2) is 0 Å². The molecule has 0 radical (unpaired) electrons. The molecule has 5 heteroatoms. The summed E-state index contributed by atoms with van der Waals surface area (Å²) >= 11 is 5.52. The Kier molecular flexibility index (Phi) is 5.10. The summed E-state index contributed by atoms with van der Waals surface area (Å²) in [5.41, 5.74) is 0.254. The fourth-order valence-electron chi connectivity index (χ4n) is 1.03. The van der Waals surface area contributed by atoms with Gasteiger partial charge in [0.05, 0.1) is 5.56 Å². The molecule has 1 aliphatic rings. The molecule has 0 aliphatic carbocycles. The van der Waals surface area contributed by atoms with E-state index in [9.17, 15) is 4.79 Å². The Morgan fingerprint density at radius 3 is 2.07 bits per heavy atom. The number of hydrogen-bond acceptors (Lipinski definition) is 3. The summed E-state index contributed by atoms with van der Waals surface area (Å²) in [6, 6.07) is 6.02. The van der Waals surface area contributed by atoms with Crippen LogP contribution in [-0.4, -0.2) is 30.8 Å². The molecule has 0 aromatic heterocycles. The average Bonchev–Trinajstić information content (AvgIpc) is 2.76. The van der Waals surface area contributed by atoms with Gasteiger partial charge >= 0.3 is 5.97 Å². The first-order valence-electron chi connectivity index (χ1n) is 4.60. The molecule has 0 amide bonds. The molecule has 82 valence electrons. The van der Waals surface area contributed by atoms with Gasteiger partial charge in [0.2, 0.25) is 0 Å². The Morgan fingerprint density at radius 1 is 1.20 bits per heavy atom. The highest BCUT2D eigenvalue weighted by Crippen LogP contribution is 2.08. The third-order valence-corrected chi connectivity index (χ3v) is 2.07. The third kappa shape index (κ3) is 4.78. The third-order valence-electron chi connectivity index (χ3n) is 1.82. The molecular formula is C10H13ClN2O2. The van der Waals surface area contributed by atoms with E-state index < -0.39 is 5.97 Å². The lowest BCUT2D eigenvalue weighted by atomic mass is 10.2. The van der Waals surface area contributed by atoms with Crippen LogP contribution in [0.15, 0.2) is 24.3 Å². The Bertz CT molecular complexity index is 302. The molecule has 0 spiro atoms. The van der Waals surface area contributed by atoms with Gasteiger partial charge in [-0.05, 0) is 24.3 Å². The number of hydrogen-bond donors (Lipinski definition) is 3. The maximum atomic E-state index is 10.3. The summed E-state index contributed by atoms with van der Waals surface area (Å²) in [5, 5.41) is 15.2. The molecule has 0 bridgehead atoms. The minimum absolute atomic E-state index is 0.254. The van der Waals surface area contributed by atoms with Crippen molar-refractivity contribution in [3.8, 4) is 0 Å². The van der Waals surface area contributed by atoms with Crippen LogP contribution in [0, 0.1) is 0 Å². The molecule has 4 nitrogen and oxygen atoms in total. The Morgan fingerprint density at radius 2 is 1.73 bits per heavy atom. The van der Waals surface area contributed by atoms with Crippen molar-refractivity contribution in [1.29, 1.82) is 0 Å². The van der Waals surface area contributed by atoms with Gasteiger partial charge in [-0.15, -0.1) is 0 Å². The van der Waals surface area contributed by atoms with E-state index in [0.717, 1.165) is 19.8 Å². The van der Waals surface area contributed by atoms with Crippen LogP contribution in [0.1, 0.15) is 10.4 Å². The molecule has 3 N–H and O–H groups in total. The molecule has 2 rings (SSSR count). The largest absolute Gasteiger partial charge is 0.478 e. The van der Waals surface area contributed by atoms with Crippen LogP contribution >= 0.6 is 11.6 Å². The lowest BCUT2D eigenvalue weighted by molar-refractivity contribution is 0.0697. The summed E-state index contributed by atoms with van der Waals surface area (Å²) in [4.78, 5) is 10.3. The normalized spacial score (nSPS) is 14.2. The second kappa shape index (κ2) is 6.40. The monoisotopic (exact) mass is 228 g/mol. The first-order valence-corrected chi connectivity index (χ1v) is 4.98. The van der Waals surface area contributed by atoms with Crippen molar-refractivity contribution in [3.63, 3.8) is 0 Å². The Balaban J connectivity index is 0.000000187. The highest BCUT2D eigenvalue weighted by atomic mass is 35.5. The van der Waals surface area contributed by atoms with Crippen molar-refractivity contribution in [3.05, 3.63) is 34.9 Å². The lowest BCUT2D eigenvalue weighted by Crippen LogP contribution is -2.11. The van der Waals surface area contributed by atoms with Crippen LogP contribution in [0.2, 0.25) is 5.02 Å². The second-order valence-corrected chi connectivity index (χ2v) is 3.43. The van der Waals surface area contributed by atoms with Gasteiger partial charge < -0.3 is 15.7 Å². The number of aromatic carboxylic acids is 1. The first kappa shape index (κ1) is 12.0. The predicted molar refractivity (Wildman–Crippen MR) is 59.3 cm³/mol. The zero-order valence-corrected chi connectivity index (χ0v) is 8.92. The number of nitrogens with one attached hydrogen (secondary N) is 2. The number of carboxylic acid groups (broad SMARTS) is 1. The van der Waals surface area contributed by atoms with E-state index in [4.69, 9.17) is 16.7 Å². The van der Waals surface area contributed by atoms with Crippen molar-refractivity contribution in [2.75, 3.05) is 19.8 Å². The topological polar surface area (TPSA) is 61.4 Å². The molecule has 0 saturated carbocycles. The highest BCUT2D eigenvalue weighted by molar-refractivity contribution is 6.30. The number of carboxylic acids is 1. The molecule has 1 aromatic rings. The number of rotatable bonds is 1. The summed E-state index contributed by atoms with van der Waals surface area (Å²) in [5.74, 6) is -0.934. The molecule has 1 saturated heterocycles. The Labute approximate surface area is 93.2 Å². The van der Waals surface area contributed by atoms with Crippen molar-refractivity contribution in [2.24, 2.45) is 0 Å². The SMILES string of the molecule is C1CNCN1.O=C(O)c1ccc(Cl)cc1. The van der Waals surface area contributed by atoms with Crippen molar-refractivity contribution in [2.45, 2.75) is 0 Å². The molecule has 0 atom stereocenters. The van der Waals surface area contributed by atoms with Gasteiger partial charge in [-0.2, -0.15) is 0 Å². The van der Waals surface area contributed by atoms with Gasteiger partial charge in [-0.25, -0.2) is 4.79 Å². The molecule has 1 aliphatic heterocycles. The van der Waals surface area contributed by atoms with Crippen LogP contribution in [0.5, 0.6) is 0 Å². The van der Waals surface area contributed by atoms with Gasteiger partial charge in [-0.3, -0.25) is 0 Å². The van der Waals surface area contributed by atoms with E-state index >= 15 is 0 Å². The fourth-order valence-corrected chi connectivity index (χ4v) is 1.16. The smallest absolute Gasteiger partial charge is 0.335 e.